The fraction of sp³-hybridized carbons (Fsp3) is 0.227. The van der Waals surface area contributed by atoms with Crippen LogP contribution in [-0.2, 0) is 16.6 Å². The number of allylic oxidation sites excluding steroid dienone is 1. The highest BCUT2D eigenvalue weighted by molar-refractivity contribution is 7.89. The quantitative estimate of drug-likeness (QED) is 0.534. The molecular weight excluding hydrogens is 457 g/mol. The first-order valence-electron chi connectivity index (χ1n) is 9.52. The molecule has 0 atom stereocenters. The Hall–Kier alpha value is -2.72. The topological polar surface area (TPSA) is 106 Å². The Balaban J connectivity index is 0.00000363. The van der Waals surface area contributed by atoms with Gasteiger partial charge in [-0.05, 0) is 36.8 Å². The number of benzene rings is 2. The number of fused-ring (bicyclic) bond motifs is 1. The van der Waals surface area contributed by atoms with Crippen molar-refractivity contribution in [3.63, 3.8) is 0 Å². The number of carbonyl (C=O) groups is 1. The first kappa shape index (κ1) is 25.5. The molecule has 0 aliphatic rings. The first-order chi connectivity index (χ1) is 14.6. The van der Waals surface area contributed by atoms with E-state index in [1.807, 2.05) is 0 Å². The van der Waals surface area contributed by atoms with E-state index in [-0.39, 0.29) is 36.0 Å². The highest BCUT2D eigenvalue weighted by Crippen LogP contribution is 2.37. The summed E-state index contributed by atoms with van der Waals surface area (Å²) in [4.78, 5) is 12.0. The van der Waals surface area contributed by atoms with Crippen LogP contribution in [0.25, 0.3) is 22.0 Å². The molecule has 0 aliphatic heterocycles. The van der Waals surface area contributed by atoms with E-state index in [2.05, 4.69) is 0 Å². The number of rotatable bonds is 7. The molecule has 1 aromatic heterocycles. The van der Waals surface area contributed by atoms with Crippen molar-refractivity contribution in [2.24, 2.45) is 5.73 Å². The van der Waals surface area contributed by atoms with Gasteiger partial charge in [0.2, 0.25) is 10.0 Å². The number of para-hydroxylation sites is 1. The third-order valence-electron chi connectivity index (χ3n) is 5.12. The van der Waals surface area contributed by atoms with Gasteiger partial charge in [0, 0.05) is 37.3 Å². The van der Waals surface area contributed by atoms with Crippen LogP contribution in [0.3, 0.4) is 0 Å². The molecule has 0 spiro atoms. The van der Waals surface area contributed by atoms with Gasteiger partial charge in [0.15, 0.2) is 0 Å². The van der Waals surface area contributed by atoms with Crippen molar-refractivity contribution >= 4 is 39.3 Å². The van der Waals surface area contributed by atoms with Crippen LogP contribution in [0.5, 0.6) is 0 Å². The molecule has 10 heteroatoms. The van der Waals surface area contributed by atoms with Crippen LogP contribution in [0.1, 0.15) is 16.1 Å². The normalized spacial score (nSPS) is 12.2. The number of halogens is 2. The number of hydrogen-bond acceptors (Lipinski definition) is 4. The average molecular weight is 482 g/mol. The molecule has 0 bridgehead atoms. The molecule has 172 valence electrons. The summed E-state index contributed by atoms with van der Waals surface area (Å²) < 4.78 is 42.3. The van der Waals surface area contributed by atoms with Crippen LogP contribution >= 0.6 is 12.4 Å². The molecule has 0 radical (unpaired) electrons. The lowest BCUT2D eigenvalue weighted by Gasteiger charge is -2.13. The van der Waals surface area contributed by atoms with E-state index < -0.39 is 21.8 Å². The molecule has 0 saturated heterocycles. The monoisotopic (exact) mass is 481 g/mol. The smallest absolute Gasteiger partial charge is 0.337 e. The summed E-state index contributed by atoms with van der Waals surface area (Å²) in [6.07, 6.45) is 1.23. The van der Waals surface area contributed by atoms with Gasteiger partial charge in [-0.3, -0.25) is 0 Å². The van der Waals surface area contributed by atoms with Gasteiger partial charge in [-0.15, -0.1) is 12.4 Å². The number of carboxylic acids is 1. The molecule has 3 N–H and O–H groups in total. The second-order valence-electron chi connectivity index (χ2n) is 7.26. The summed E-state index contributed by atoms with van der Waals surface area (Å²) in [5.41, 5.74) is 7.66. The lowest BCUT2D eigenvalue weighted by molar-refractivity contribution is 0.0698. The first-order valence-corrected chi connectivity index (χ1v) is 11.0. The minimum absolute atomic E-state index is 0. The van der Waals surface area contributed by atoms with Crippen LogP contribution < -0.4 is 5.73 Å². The van der Waals surface area contributed by atoms with E-state index in [4.69, 9.17) is 5.73 Å². The van der Waals surface area contributed by atoms with Crippen LogP contribution in [0.4, 0.5) is 4.39 Å². The average Bonchev–Trinajstić information content (AvgIpc) is 2.99. The molecule has 1 heterocycles. The van der Waals surface area contributed by atoms with Gasteiger partial charge < -0.3 is 15.4 Å². The van der Waals surface area contributed by atoms with Gasteiger partial charge in [0.25, 0.3) is 0 Å². The van der Waals surface area contributed by atoms with Crippen molar-refractivity contribution in [3.05, 3.63) is 65.6 Å². The number of aromatic carboxylic acids is 1. The minimum Gasteiger partial charge on any atom is -0.478 e. The Labute approximate surface area is 192 Å². The molecular formula is C22H25ClFN3O4S. The fourth-order valence-corrected chi connectivity index (χ4v) is 4.58. The maximum absolute atomic E-state index is 14.4. The maximum atomic E-state index is 14.4. The summed E-state index contributed by atoms with van der Waals surface area (Å²) in [6.45, 7) is 1.59. The molecule has 32 heavy (non-hydrogen) atoms. The lowest BCUT2D eigenvalue weighted by atomic mass is 10.0. The van der Waals surface area contributed by atoms with Crippen molar-refractivity contribution in [1.29, 1.82) is 0 Å². The zero-order valence-corrected chi connectivity index (χ0v) is 19.5. The third kappa shape index (κ3) is 4.56. The zero-order valence-electron chi connectivity index (χ0n) is 17.9. The molecule has 0 aliphatic carbocycles. The SMILES string of the molecule is Cc1c(-c2cccc(S(=O)(=O)N(C)C)c2)c2cccc(C(=O)O)c2n1C/C(F)=C/CN.Cl. The number of nitrogens with zero attached hydrogens (tertiary/aromatic N) is 2. The summed E-state index contributed by atoms with van der Waals surface area (Å²) >= 11 is 0. The molecule has 2 aromatic carbocycles. The Morgan fingerprint density at radius 2 is 1.88 bits per heavy atom. The summed E-state index contributed by atoms with van der Waals surface area (Å²) in [5, 5.41) is 10.3. The summed E-state index contributed by atoms with van der Waals surface area (Å²) in [6, 6.07) is 11.2. The maximum Gasteiger partial charge on any atom is 0.337 e. The number of sulfonamides is 1. The van der Waals surface area contributed by atoms with Crippen LogP contribution in [0.15, 0.2) is 59.3 Å². The highest BCUT2D eigenvalue weighted by Gasteiger charge is 2.23. The zero-order chi connectivity index (χ0) is 22.9. The molecule has 0 unspecified atom stereocenters. The lowest BCUT2D eigenvalue weighted by Crippen LogP contribution is -2.22. The van der Waals surface area contributed by atoms with E-state index >= 15 is 0 Å². The van der Waals surface area contributed by atoms with Crippen molar-refractivity contribution in [2.75, 3.05) is 20.6 Å². The molecule has 0 saturated carbocycles. The molecule has 3 aromatic rings. The van der Waals surface area contributed by atoms with E-state index in [1.54, 1.807) is 41.8 Å². The predicted octanol–water partition coefficient (Wildman–Crippen LogP) is 3.80. The Morgan fingerprint density at radius 3 is 2.47 bits per heavy atom. The highest BCUT2D eigenvalue weighted by atomic mass is 35.5. The predicted molar refractivity (Wildman–Crippen MR) is 125 cm³/mol. The number of carboxylic acid groups (broad SMARTS) is 1. The Bertz CT molecular complexity index is 1300. The third-order valence-corrected chi connectivity index (χ3v) is 6.93. The molecule has 3 rings (SSSR count). The van der Waals surface area contributed by atoms with Crippen molar-refractivity contribution in [3.8, 4) is 11.1 Å². The van der Waals surface area contributed by atoms with E-state index in [0.717, 1.165) is 4.31 Å². The van der Waals surface area contributed by atoms with Crippen molar-refractivity contribution < 1.29 is 22.7 Å². The number of aromatic nitrogens is 1. The van der Waals surface area contributed by atoms with Crippen molar-refractivity contribution in [2.45, 2.75) is 18.4 Å². The summed E-state index contributed by atoms with van der Waals surface area (Å²) in [5.74, 6) is -1.62. The van der Waals surface area contributed by atoms with E-state index in [0.29, 0.717) is 27.7 Å². The molecule has 0 amide bonds. The largest absolute Gasteiger partial charge is 0.478 e. The van der Waals surface area contributed by atoms with Gasteiger partial charge in [0.05, 0.1) is 22.5 Å². The number of hydrogen-bond donors (Lipinski definition) is 2. The van der Waals surface area contributed by atoms with E-state index in [1.165, 1.54) is 32.3 Å². The standard InChI is InChI=1S/C22H24FN3O4S.ClH/c1-14-20(15-6-4-7-17(12-15)31(29,30)25(2)3)18-8-5-9-19(22(27)28)21(18)26(14)13-16(23)10-11-24;/h4-10,12H,11,13,24H2,1-3H3,(H,27,28);1H/b16-10-;. The van der Waals surface area contributed by atoms with E-state index in [9.17, 15) is 22.7 Å². The van der Waals surface area contributed by atoms with Crippen LogP contribution in [0.2, 0.25) is 0 Å². The Morgan fingerprint density at radius 1 is 1.22 bits per heavy atom. The second kappa shape index (κ2) is 9.83. The minimum atomic E-state index is -3.67. The van der Waals surface area contributed by atoms with Gasteiger partial charge in [-0.1, -0.05) is 24.3 Å². The summed E-state index contributed by atoms with van der Waals surface area (Å²) in [7, 11) is -0.767. The van der Waals surface area contributed by atoms with Gasteiger partial charge in [-0.25, -0.2) is 21.9 Å². The van der Waals surface area contributed by atoms with Crippen LogP contribution in [0, 0.1) is 6.92 Å². The molecule has 0 fully saturated rings. The van der Waals surface area contributed by atoms with Gasteiger partial charge >= 0.3 is 5.97 Å². The molecule has 7 nitrogen and oxygen atoms in total. The Kier molecular flexibility index (Phi) is 7.84. The van der Waals surface area contributed by atoms with Crippen molar-refractivity contribution in [1.82, 2.24) is 8.87 Å². The van der Waals surface area contributed by atoms with Gasteiger partial charge in [0.1, 0.15) is 5.83 Å². The van der Waals surface area contributed by atoms with Gasteiger partial charge in [-0.2, -0.15) is 0 Å². The van der Waals surface area contributed by atoms with Crippen LogP contribution in [-0.4, -0.2) is 49.0 Å². The number of nitrogens with two attached hydrogens (primary N) is 1. The fourth-order valence-electron chi connectivity index (χ4n) is 3.63. The second-order valence-corrected chi connectivity index (χ2v) is 9.41.